The second kappa shape index (κ2) is 8.92. The maximum absolute atomic E-state index is 13.0. The van der Waals surface area contributed by atoms with Crippen molar-refractivity contribution in [1.29, 1.82) is 0 Å². The van der Waals surface area contributed by atoms with Crippen molar-refractivity contribution in [1.82, 2.24) is 39.8 Å². The van der Waals surface area contributed by atoms with Gasteiger partial charge in [-0.1, -0.05) is 0 Å². The van der Waals surface area contributed by atoms with E-state index in [0.29, 0.717) is 34.4 Å². The summed E-state index contributed by atoms with van der Waals surface area (Å²) < 4.78 is 27.4. The minimum atomic E-state index is -2.52. The Kier molecular flexibility index (Phi) is 5.80. The van der Waals surface area contributed by atoms with Gasteiger partial charge in [0.2, 0.25) is 11.9 Å². The molecule has 3 N–H and O–H groups in total. The number of nitrogens with one attached hydrogen (secondary N) is 3. The molecule has 1 saturated carbocycles. The van der Waals surface area contributed by atoms with Gasteiger partial charge in [-0.3, -0.25) is 4.79 Å². The molecule has 34 heavy (non-hydrogen) atoms. The number of alkyl halides is 2. The summed E-state index contributed by atoms with van der Waals surface area (Å²) in [5.41, 5.74) is 2.54. The number of halogens is 2. The van der Waals surface area contributed by atoms with Crippen molar-refractivity contribution in [3.63, 3.8) is 0 Å². The van der Waals surface area contributed by atoms with Gasteiger partial charge in [-0.15, -0.1) is 0 Å². The van der Waals surface area contributed by atoms with Crippen LogP contribution in [-0.4, -0.2) is 58.9 Å². The summed E-state index contributed by atoms with van der Waals surface area (Å²) in [5, 5.41) is 7.11. The SMILES string of the molecule is CC(=O)NC1CCC(Nc2ncc3c(-c4cnc5nc(C)n(CC(F)F)c5n4)c[nH]c3n2)CC1. The minimum Gasteiger partial charge on any atom is -0.354 e. The number of hydrogen-bond donors (Lipinski definition) is 3. The number of fused-ring (bicyclic) bond motifs is 2. The molecule has 1 fully saturated rings. The van der Waals surface area contributed by atoms with E-state index in [-0.39, 0.29) is 18.0 Å². The molecule has 5 rings (SSSR count). The van der Waals surface area contributed by atoms with E-state index in [2.05, 4.69) is 40.5 Å². The molecule has 4 aromatic rings. The van der Waals surface area contributed by atoms with E-state index in [0.717, 1.165) is 36.6 Å². The first kappa shape index (κ1) is 22.1. The lowest BCUT2D eigenvalue weighted by Crippen LogP contribution is -2.39. The zero-order valence-electron chi connectivity index (χ0n) is 18.8. The van der Waals surface area contributed by atoms with Crippen molar-refractivity contribution in [2.45, 2.75) is 64.6 Å². The van der Waals surface area contributed by atoms with Crippen LogP contribution in [0.1, 0.15) is 38.4 Å². The summed E-state index contributed by atoms with van der Waals surface area (Å²) >= 11 is 0. The van der Waals surface area contributed by atoms with Crippen molar-refractivity contribution in [3.8, 4) is 11.3 Å². The van der Waals surface area contributed by atoms with E-state index >= 15 is 0 Å². The molecular formula is C22H25F2N9O. The summed E-state index contributed by atoms with van der Waals surface area (Å²) in [7, 11) is 0. The van der Waals surface area contributed by atoms with E-state index < -0.39 is 13.0 Å². The van der Waals surface area contributed by atoms with Crippen LogP contribution in [-0.2, 0) is 11.3 Å². The Morgan fingerprint density at radius 1 is 1.15 bits per heavy atom. The van der Waals surface area contributed by atoms with Crippen LogP contribution in [0.25, 0.3) is 33.6 Å². The summed E-state index contributed by atoms with van der Waals surface area (Å²) in [5.74, 6) is 0.970. The highest BCUT2D eigenvalue weighted by atomic mass is 19.3. The van der Waals surface area contributed by atoms with Gasteiger partial charge in [0.05, 0.1) is 18.4 Å². The zero-order valence-corrected chi connectivity index (χ0v) is 18.8. The summed E-state index contributed by atoms with van der Waals surface area (Å²) in [6.07, 6.45) is 6.20. The molecule has 0 atom stereocenters. The Balaban J connectivity index is 1.36. The lowest BCUT2D eigenvalue weighted by Gasteiger charge is -2.29. The number of amides is 1. The number of rotatable bonds is 6. The molecule has 4 aromatic heterocycles. The second-order valence-electron chi connectivity index (χ2n) is 8.61. The highest BCUT2D eigenvalue weighted by Crippen LogP contribution is 2.28. The van der Waals surface area contributed by atoms with E-state index in [1.807, 2.05) is 0 Å². The predicted octanol–water partition coefficient (Wildman–Crippen LogP) is 3.20. The number of nitrogens with zero attached hydrogens (tertiary/aromatic N) is 6. The lowest BCUT2D eigenvalue weighted by molar-refractivity contribution is -0.119. The summed E-state index contributed by atoms with van der Waals surface area (Å²) in [6.45, 7) is 2.71. The van der Waals surface area contributed by atoms with Crippen LogP contribution in [0, 0.1) is 6.92 Å². The lowest BCUT2D eigenvalue weighted by atomic mass is 9.91. The molecule has 0 radical (unpaired) electrons. The smallest absolute Gasteiger partial charge is 0.256 e. The van der Waals surface area contributed by atoms with Gasteiger partial charge in [-0.2, -0.15) is 4.98 Å². The first-order chi connectivity index (χ1) is 16.4. The number of hydrogen-bond acceptors (Lipinski definition) is 7. The summed E-state index contributed by atoms with van der Waals surface area (Å²) in [4.78, 5) is 36.6. The second-order valence-corrected chi connectivity index (χ2v) is 8.61. The maximum Gasteiger partial charge on any atom is 0.256 e. The van der Waals surface area contributed by atoms with Crippen LogP contribution in [0.15, 0.2) is 18.6 Å². The van der Waals surface area contributed by atoms with E-state index in [9.17, 15) is 13.6 Å². The number of carbonyl (C=O) groups excluding carboxylic acids is 1. The molecule has 1 aliphatic rings. The van der Waals surface area contributed by atoms with E-state index in [1.54, 1.807) is 32.4 Å². The molecule has 12 heteroatoms. The van der Waals surface area contributed by atoms with Crippen LogP contribution in [0.2, 0.25) is 0 Å². The number of imidazole rings is 1. The van der Waals surface area contributed by atoms with Crippen molar-refractivity contribution in [2.75, 3.05) is 5.32 Å². The number of H-pyrrole nitrogens is 1. The average Bonchev–Trinajstić information content (AvgIpc) is 3.34. The minimum absolute atomic E-state index is 0.00481. The molecule has 0 unspecified atom stereocenters. The highest BCUT2D eigenvalue weighted by Gasteiger charge is 2.22. The fraction of sp³-hybridized carbons (Fsp3) is 0.455. The Labute approximate surface area is 193 Å². The van der Waals surface area contributed by atoms with Gasteiger partial charge in [-0.05, 0) is 32.6 Å². The van der Waals surface area contributed by atoms with Crippen LogP contribution in [0.5, 0.6) is 0 Å². The third kappa shape index (κ3) is 4.39. The average molecular weight is 470 g/mol. The molecular weight excluding hydrogens is 444 g/mol. The molecule has 178 valence electrons. The van der Waals surface area contributed by atoms with Gasteiger partial charge in [-0.25, -0.2) is 28.7 Å². The highest BCUT2D eigenvalue weighted by molar-refractivity contribution is 5.93. The maximum atomic E-state index is 13.0. The van der Waals surface area contributed by atoms with Gasteiger partial charge in [0.1, 0.15) is 11.5 Å². The Hall–Kier alpha value is -3.70. The van der Waals surface area contributed by atoms with Crippen molar-refractivity contribution in [2.24, 2.45) is 0 Å². The molecule has 4 heterocycles. The molecule has 0 aliphatic heterocycles. The molecule has 0 bridgehead atoms. The molecule has 0 spiro atoms. The third-order valence-electron chi connectivity index (χ3n) is 6.15. The molecule has 1 amide bonds. The zero-order chi connectivity index (χ0) is 23.8. The van der Waals surface area contributed by atoms with Gasteiger partial charge < -0.3 is 20.2 Å². The van der Waals surface area contributed by atoms with Gasteiger partial charge >= 0.3 is 0 Å². The van der Waals surface area contributed by atoms with Crippen LogP contribution in [0.4, 0.5) is 14.7 Å². The van der Waals surface area contributed by atoms with E-state index in [4.69, 9.17) is 0 Å². The molecule has 0 saturated heterocycles. The van der Waals surface area contributed by atoms with Gasteiger partial charge in [0.25, 0.3) is 6.43 Å². The van der Waals surface area contributed by atoms with Crippen LogP contribution in [0.3, 0.4) is 0 Å². The quantitative estimate of drug-likeness (QED) is 0.396. The number of carbonyl (C=O) groups is 1. The van der Waals surface area contributed by atoms with Crippen LogP contribution < -0.4 is 10.6 Å². The topological polar surface area (TPSA) is 126 Å². The summed E-state index contributed by atoms with van der Waals surface area (Å²) in [6, 6.07) is 0.465. The Morgan fingerprint density at radius 2 is 1.91 bits per heavy atom. The van der Waals surface area contributed by atoms with Crippen molar-refractivity contribution < 1.29 is 13.6 Å². The molecule has 1 aliphatic carbocycles. The number of anilines is 1. The normalized spacial score (nSPS) is 18.6. The van der Waals surface area contributed by atoms with E-state index in [1.165, 1.54) is 4.57 Å². The third-order valence-corrected chi connectivity index (χ3v) is 6.15. The monoisotopic (exact) mass is 469 g/mol. The number of aromatic amines is 1. The Morgan fingerprint density at radius 3 is 2.65 bits per heavy atom. The van der Waals surface area contributed by atoms with Gasteiger partial charge in [0, 0.05) is 42.4 Å². The first-order valence-corrected chi connectivity index (χ1v) is 11.2. The van der Waals surface area contributed by atoms with Crippen LogP contribution >= 0.6 is 0 Å². The van der Waals surface area contributed by atoms with Crippen molar-refractivity contribution >= 4 is 34.2 Å². The number of aryl methyl sites for hydroxylation is 1. The first-order valence-electron chi connectivity index (χ1n) is 11.2. The fourth-order valence-electron chi connectivity index (χ4n) is 4.53. The van der Waals surface area contributed by atoms with Gasteiger partial charge in [0.15, 0.2) is 11.3 Å². The molecule has 0 aromatic carbocycles. The molecule has 10 nitrogen and oxygen atoms in total. The number of aromatic nitrogens is 7. The largest absolute Gasteiger partial charge is 0.354 e. The fourth-order valence-corrected chi connectivity index (χ4v) is 4.53. The Bertz CT molecular complexity index is 1340. The predicted molar refractivity (Wildman–Crippen MR) is 122 cm³/mol. The van der Waals surface area contributed by atoms with Crippen molar-refractivity contribution in [3.05, 3.63) is 24.4 Å². The standard InChI is InChI=1S/C22H25F2N9O/c1-11-28-20-21(33(11)10-18(23)24)31-17(9-26-20)15-7-25-19-16(15)8-27-22(32-19)30-14-5-3-13(4-6-14)29-12(2)34/h7-9,13-14,18H,3-6,10H2,1-2H3,(H,29,34)(H2,25,27,30,32).